The molecule has 7 heteroatoms. The molecule has 0 fully saturated rings. The maximum absolute atomic E-state index is 12.3. The highest BCUT2D eigenvalue weighted by Gasteiger charge is 2.29. The van der Waals surface area contributed by atoms with Crippen LogP contribution in [0, 0.1) is 11.8 Å². The Labute approximate surface area is 276 Å². The van der Waals surface area contributed by atoms with Gasteiger partial charge >= 0.3 is 11.9 Å². The molecule has 0 radical (unpaired) electrons. The Balaban J connectivity index is 2.16. The Morgan fingerprint density at radius 1 is 0.578 bits per heavy atom. The van der Waals surface area contributed by atoms with Crippen molar-refractivity contribution in [2.24, 2.45) is 11.8 Å². The average Bonchev–Trinajstić information content (AvgIpc) is 2.85. The summed E-state index contributed by atoms with van der Waals surface area (Å²) in [5.41, 5.74) is 4.16. The summed E-state index contributed by atoms with van der Waals surface area (Å²) in [6, 6.07) is 7.96. The van der Waals surface area contributed by atoms with Gasteiger partial charge in [-0.05, 0) is 92.2 Å². The molecule has 0 bridgehead atoms. The van der Waals surface area contributed by atoms with Crippen LogP contribution in [-0.4, -0.2) is 43.9 Å². The third-order valence-electron chi connectivity index (χ3n) is 8.58. The Morgan fingerprint density at radius 2 is 0.889 bits per heavy atom. The number of benzene rings is 2. The molecule has 2 aromatic carbocycles. The zero-order valence-corrected chi connectivity index (χ0v) is 30.5. The summed E-state index contributed by atoms with van der Waals surface area (Å²) in [6.07, 6.45) is 1.27. The van der Waals surface area contributed by atoms with Crippen LogP contribution in [0.25, 0.3) is 0 Å². The van der Waals surface area contributed by atoms with E-state index < -0.39 is 23.8 Å². The lowest BCUT2D eigenvalue weighted by molar-refractivity contribution is -0.142. The number of carbonyl (C=O) groups is 2. The SMILES string of the molecule is CC(C)(C)c1cc(CC(CCSCCC(Cc2cc(C(C)(C)C)cc(C(C)(C)C)c2O)C(=O)O)C(=O)O)c(O)c(C(C)(C)C)c1. The van der Waals surface area contributed by atoms with E-state index >= 15 is 0 Å². The number of carboxylic acids is 2. The molecule has 0 heterocycles. The number of hydrogen-bond donors (Lipinski definition) is 4. The molecule has 0 aliphatic rings. The van der Waals surface area contributed by atoms with Gasteiger partial charge in [-0.3, -0.25) is 9.59 Å². The molecule has 0 spiro atoms. The van der Waals surface area contributed by atoms with Crippen molar-refractivity contribution in [3.05, 3.63) is 57.6 Å². The molecule has 6 nitrogen and oxygen atoms in total. The Bertz CT molecular complexity index is 1250. The van der Waals surface area contributed by atoms with E-state index in [1.807, 2.05) is 65.8 Å². The number of aliphatic carboxylic acids is 2. The summed E-state index contributed by atoms with van der Waals surface area (Å²) in [5, 5.41) is 42.4. The molecule has 0 saturated heterocycles. The molecule has 0 aliphatic heterocycles. The van der Waals surface area contributed by atoms with E-state index in [0.717, 1.165) is 22.3 Å². The van der Waals surface area contributed by atoms with Gasteiger partial charge in [-0.25, -0.2) is 0 Å². The molecule has 2 unspecified atom stereocenters. The lowest BCUT2D eigenvalue weighted by Crippen LogP contribution is -2.21. The predicted octanol–water partition coefficient (Wildman–Crippen LogP) is 8.99. The van der Waals surface area contributed by atoms with Crippen molar-refractivity contribution in [3.63, 3.8) is 0 Å². The standard InChI is InChI=1S/C38H58O6S/c1-35(2,3)27-19-25(31(39)29(21-27)37(7,8)9)17-23(33(41)42)13-15-45-16-14-24(34(43)44)18-26-20-28(36(4,5)6)22-30(32(26)40)38(10,11)12/h19-24,39-40H,13-18H2,1-12H3,(H,41,42)(H,43,44). The molecule has 252 valence electrons. The van der Waals surface area contributed by atoms with Crippen molar-refractivity contribution < 1.29 is 30.0 Å². The molecular formula is C38H58O6S. The zero-order chi connectivity index (χ0) is 34.7. The van der Waals surface area contributed by atoms with E-state index in [-0.39, 0.29) is 46.0 Å². The van der Waals surface area contributed by atoms with Crippen molar-refractivity contribution in [2.75, 3.05) is 11.5 Å². The summed E-state index contributed by atoms with van der Waals surface area (Å²) < 4.78 is 0. The zero-order valence-electron chi connectivity index (χ0n) is 29.7. The Hall–Kier alpha value is -2.67. The molecule has 0 aliphatic carbocycles. The number of hydrogen-bond acceptors (Lipinski definition) is 5. The van der Waals surface area contributed by atoms with Crippen LogP contribution in [-0.2, 0) is 44.1 Å². The highest BCUT2D eigenvalue weighted by atomic mass is 32.2. The number of carboxylic acid groups (broad SMARTS) is 2. The fourth-order valence-electron chi connectivity index (χ4n) is 5.42. The normalized spacial score (nSPS) is 14.3. The number of phenols is 2. The first-order valence-corrected chi connectivity index (χ1v) is 17.3. The minimum atomic E-state index is -0.902. The lowest BCUT2D eigenvalue weighted by Gasteiger charge is -2.28. The van der Waals surface area contributed by atoms with Crippen molar-refractivity contribution in [2.45, 2.75) is 130 Å². The van der Waals surface area contributed by atoms with Crippen LogP contribution in [0.2, 0.25) is 0 Å². The average molecular weight is 643 g/mol. The first-order valence-electron chi connectivity index (χ1n) is 16.1. The molecule has 2 aromatic rings. The van der Waals surface area contributed by atoms with E-state index in [1.165, 1.54) is 0 Å². The van der Waals surface area contributed by atoms with E-state index in [9.17, 15) is 30.0 Å². The summed E-state index contributed by atoms with van der Waals surface area (Å²) in [5.74, 6) is -1.67. The van der Waals surface area contributed by atoms with Gasteiger partial charge in [-0.1, -0.05) is 107 Å². The minimum absolute atomic E-state index is 0.156. The van der Waals surface area contributed by atoms with Crippen molar-refractivity contribution in [1.29, 1.82) is 0 Å². The lowest BCUT2D eigenvalue weighted by atomic mass is 9.78. The molecule has 45 heavy (non-hydrogen) atoms. The highest BCUT2D eigenvalue weighted by molar-refractivity contribution is 7.99. The van der Waals surface area contributed by atoms with Gasteiger partial charge in [0, 0.05) is 0 Å². The van der Waals surface area contributed by atoms with Crippen LogP contribution in [0.1, 0.15) is 129 Å². The van der Waals surface area contributed by atoms with E-state index in [0.29, 0.717) is 35.5 Å². The van der Waals surface area contributed by atoms with Gasteiger partial charge in [0.05, 0.1) is 11.8 Å². The second-order valence-electron chi connectivity index (χ2n) is 16.7. The fourth-order valence-corrected chi connectivity index (χ4v) is 6.53. The second-order valence-corrected chi connectivity index (χ2v) is 18.0. The van der Waals surface area contributed by atoms with E-state index in [2.05, 4.69) is 41.5 Å². The number of thioether (sulfide) groups is 1. The topological polar surface area (TPSA) is 115 Å². The Kier molecular flexibility index (Phi) is 12.3. The molecule has 0 aromatic heterocycles. The van der Waals surface area contributed by atoms with Crippen molar-refractivity contribution in [1.82, 2.24) is 0 Å². The molecular weight excluding hydrogens is 584 g/mol. The summed E-state index contributed by atoms with van der Waals surface area (Å²) in [7, 11) is 0. The molecule has 0 saturated carbocycles. The van der Waals surface area contributed by atoms with Gasteiger partial charge < -0.3 is 20.4 Å². The Morgan fingerprint density at radius 3 is 1.13 bits per heavy atom. The largest absolute Gasteiger partial charge is 0.507 e. The fraction of sp³-hybridized carbons (Fsp3) is 0.632. The van der Waals surface area contributed by atoms with Gasteiger partial charge in [-0.15, -0.1) is 0 Å². The third-order valence-corrected chi connectivity index (χ3v) is 9.63. The van der Waals surface area contributed by atoms with Crippen LogP contribution in [0.5, 0.6) is 11.5 Å². The summed E-state index contributed by atoms with van der Waals surface area (Å²) >= 11 is 1.55. The maximum atomic E-state index is 12.3. The third kappa shape index (κ3) is 10.7. The van der Waals surface area contributed by atoms with Crippen molar-refractivity contribution >= 4 is 23.7 Å². The summed E-state index contributed by atoms with van der Waals surface area (Å²) in [6.45, 7) is 24.9. The van der Waals surface area contributed by atoms with Crippen LogP contribution < -0.4 is 0 Å². The van der Waals surface area contributed by atoms with Gasteiger partial charge in [0.25, 0.3) is 0 Å². The molecule has 2 atom stereocenters. The van der Waals surface area contributed by atoms with Gasteiger partial charge in [-0.2, -0.15) is 11.8 Å². The second kappa shape index (κ2) is 14.4. The van der Waals surface area contributed by atoms with E-state index in [1.54, 1.807) is 11.8 Å². The molecule has 4 N–H and O–H groups in total. The van der Waals surface area contributed by atoms with Crippen LogP contribution in [0.4, 0.5) is 0 Å². The van der Waals surface area contributed by atoms with Crippen LogP contribution in [0.3, 0.4) is 0 Å². The minimum Gasteiger partial charge on any atom is -0.507 e. The first kappa shape index (κ1) is 38.5. The van der Waals surface area contributed by atoms with Gasteiger partial charge in [0.1, 0.15) is 11.5 Å². The van der Waals surface area contributed by atoms with Gasteiger partial charge in [0.15, 0.2) is 0 Å². The first-order chi connectivity index (χ1) is 20.3. The van der Waals surface area contributed by atoms with Crippen molar-refractivity contribution in [3.8, 4) is 11.5 Å². The monoisotopic (exact) mass is 642 g/mol. The maximum Gasteiger partial charge on any atom is 0.306 e. The predicted molar refractivity (Wildman–Crippen MR) is 187 cm³/mol. The van der Waals surface area contributed by atoms with Crippen LogP contribution >= 0.6 is 11.8 Å². The molecule has 2 rings (SSSR count). The molecule has 0 amide bonds. The quantitative estimate of drug-likeness (QED) is 0.171. The number of phenolic OH excluding ortho intramolecular Hbond substituents is 2. The summed E-state index contributed by atoms with van der Waals surface area (Å²) in [4.78, 5) is 24.6. The number of rotatable bonds is 12. The number of aromatic hydroxyl groups is 2. The van der Waals surface area contributed by atoms with Crippen LogP contribution in [0.15, 0.2) is 24.3 Å². The van der Waals surface area contributed by atoms with E-state index in [4.69, 9.17) is 0 Å². The van der Waals surface area contributed by atoms with Gasteiger partial charge in [0.2, 0.25) is 0 Å². The highest BCUT2D eigenvalue weighted by Crippen LogP contribution is 2.40. The smallest absolute Gasteiger partial charge is 0.306 e.